The van der Waals surface area contributed by atoms with Crippen LogP contribution in [-0.4, -0.2) is 23.5 Å². The van der Waals surface area contributed by atoms with Crippen LogP contribution in [0.5, 0.6) is 17.2 Å². The van der Waals surface area contributed by atoms with Crippen molar-refractivity contribution in [3.05, 3.63) is 85.8 Å². The summed E-state index contributed by atoms with van der Waals surface area (Å²) in [6.45, 7) is 0.315. The summed E-state index contributed by atoms with van der Waals surface area (Å²) in [5, 5.41) is 10.4. The van der Waals surface area contributed by atoms with Crippen LogP contribution in [0.2, 0.25) is 10.0 Å². The highest BCUT2D eigenvalue weighted by Gasteiger charge is 2.29. The Bertz CT molecular complexity index is 1230. The number of benzene rings is 3. The van der Waals surface area contributed by atoms with Crippen LogP contribution in [0.3, 0.4) is 0 Å². The number of carbonyl (C=O) groups is 2. The first-order chi connectivity index (χ1) is 16.3. The van der Waals surface area contributed by atoms with E-state index in [4.69, 9.17) is 32.7 Å². The second-order valence-corrected chi connectivity index (χ2v) is 9.72. The average Bonchev–Trinajstić information content (AvgIpc) is 2.81. The van der Waals surface area contributed by atoms with E-state index in [1.807, 2.05) is 18.2 Å². The van der Waals surface area contributed by atoms with Gasteiger partial charge >= 0.3 is 5.97 Å². The summed E-state index contributed by atoms with van der Waals surface area (Å²) >= 11 is 16.0. The van der Waals surface area contributed by atoms with Crippen molar-refractivity contribution >= 4 is 50.9 Å². The molecule has 3 aromatic rings. The van der Waals surface area contributed by atoms with Gasteiger partial charge in [-0.15, -0.1) is 0 Å². The van der Waals surface area contributed by atoms with Crippen LogP contribution in [0.1, 0.15) is 46.7 Å². The number of fused-ring (bicyclic) bond motifs is 1. The molecule has 3 aromatic carbocycles. The molecule has 1 heterocycles. The predicted molar refractivity (Wildman–Crippen MR) is 135 cm³/mol. The van der Waals surface area contributed by atoms with Gasteiger partial charge in [-0.05, 0) is 67.3 Å². The Balaban J connectivity index is 1.38. The van der Waals surface area contributed by atoms with Gasteiger partial charge in [-0.3, -0.25) is 9.59 Å². The number of ketones is 1. The molecule has 1 unspecified atom stereocenters. The Labute approximate surface area is 215 Å². The van der Waals surface area contributed by atoms with E-state index in [9.17, 15) is 14.7 Å². The van der Waals surface area contributed by atoms with Gasteiger partial charge in [0.2, 0.25) is 0 Å². The van der Waals surface area contributed by atoms with Gasteiger partial charge < -0.3 is 14.6 Å². The molecule has 0 saturated carbocycles. The number of carbonyl (C=O) groups excluding carboxylic acids is 1. The Kier molecular flexibility index (Phi) is 7.81. The molecule has 8 heteroatoms. The molecule has 1 N–H and O–H groups in total. The lowest BCUT2D eigenvalue weighted by molar-refractivity contribution is -0.139. The smallest absolute Gasteiger partial charge is 0.311 e. The minimum atomic E-state index is -0.908. The van der Waals surface area contributed by atoms with Gasteiger partial charge in [-0.25, -0.2) is 0 Å². The molecule has 1 aliphatic heterocycles. The fourth-order valence-corrected chi connectivity index (χ4v) is 4.85. The Morgan fingerprint density at radius 1 is 1.06 bits per heavy atom. The third-order valence-corrected chi connectivity index (χ3v) is 6.81. The fraction of sp³-hybridized carbons (Fsp3) is 0.231. The number of rotatable bonds is 8. The van der Waals surface area contributed by atoms with Crippen molar-refractivity contribution in [2.75, 3.05) is 6.61 Å². The summed E-state index contributed by atoms with van der Waals surface area (Å²) in [7, 11) is 0. The first kappa shape index (κ1) is 24.6. The summed E-state index contributed by atoms with van der Waals surface area (Å²) in [5.74, 6) is -0.201. The molecule has 176 valence electrons. The zero-order chi connectivity index (χ0) is 24.2. The summed E-state index contributed by atoms with van der Waals surface area (Å²) in [4.78, 5) is 24.1. The van der Waals surface area contributed by atoms with Gasteiger partial charge in [0, 0.05) is 33.1 Å². The zero-order valence-corrected chi connectivity index (χ0v) is 21.1. The highest BCUT2D eigenvalue weighted by atomic mass is 79.9. The number of hydrogen-bond acceptors (Lipinski definition) is 4. The van der Waals surface area contributed by atoms with Crippen LogP contribution in [0.15, 0.2) is 59.1 Å². The van der Waals surface area contributed by atoms with Gasteiger partial charge in [-0.2, -0.15) is 0 Å². The van der Waals surface area contributed by atoms with Gasteiger partial charge in [0.1, 0.15) is 17.2 Å². The SMILES string of the molecule is O=C(CCCc1ccc(Br)cc1Cl)c1ccc(Oc2cc3c(cc2Cl)C(C(=O)O)CCO3)cc1. The van der Waals surface area contributed by atoms with Crippen molar-refractivity contribution in [1.29, 1.82) is 0 Å². The number of aryl methyl sites for hydroxylation is 1. The lowest BCUT2D eigenvalue weighted by Gasteiger charge is -2.24. The van der Waals surface area contributed by atoms with E-state index in [-0.39, 0.29) is 5.78 Å². The average molecular weight is 564 g/mol. The van der Waals surface area contributed by atoms with Crippen LogP contribution >= 0.6 is 39.1 Å². The third-order valence-electron chi connectivity index (χ3n) is 5.67. The fourth-order valence-electron chi connectivity index (χ4n) is 3.87. The molecule has 5 nitrogen and oxygen atoms in total. The maximum Gasteiger partial charge on any atom is 0.311 e. The van der Waals surface area contributed by atoms with E-state index in [1.54, 1.807) is 36.4 Å². The molecule has 0 bridgehead atoms. The first-order valence-corrected chi connectivity index (χ1v) is 12.3. The van der Waals surface area contributed by atoms with E-state index in [0.29, 0.717) is 64.3 Å². The maximum atomic E-state index is 12.6. The van der Waals surface area contributed by atoms with E-state index in [2.05, 4.69) is 15.9 Å². The normalized spacial score (nSPS) is 14.7. The molecule has 0 saturated heterocycles. The van der Waals surface area contributed by atoms with E-state index in [1.165, 1.54) is 0 Å². The maximum absolute atomic E-state index is 12.6. The van der Waals surface area contributed by atoms with Gasteiger partial charge in [0.05, 0.1) is 17.5 Å². The third kappa shape index (κ3) is 5.74. The minimum absolute atomic E-state index is 0.0414. The molecular formula is C26H21BrCl2O5. The number of Topliss-reactive ketones (excluding diaryl/α,β-unsaturated/α-hetero) is 1. The largest absolute Gasteiger partial charge is 0.493 e. The van der Waals surface area contributed by atoms with Crippen LogP contribution in [0.4, 0.5) is 0 Å². The summed E-state index contributed by atoms with van der Waals surface area (Å²) in [6, 6.07) is 15.8. The molecule has 1 atom stereocenters. The summed E-state index contributed by atoms with van der Waals surface area (Å²) in [5.41, 5.74) is 2.15. The minimum Gasteiger partial charge on any atom is -0.493 e. The van der Waals surface area contributed by atoms with Crippen molar-refractivity contribution in [3.63, 3.8) is 0 Å². The number of carboxylic acid groups (broad SMARTS) is 1. The highest BCUT2D eigenvalue weighted by molar-refractivity contribution is 9.10. The number of carboxylic acids is 1. The molecule has 0 aromatic heterocycles. The first-order valence-electron chi connectivity index (χ1n) is 10.8. The molecule has 34 heavy (non-hydrogen) atoms. The summed E-state index contributed by atoms with van der Waals surface area (Å²) < 4.78 is 12.4. The van der Waals surface area contributed by atoms with E-state index >= 15 is 0 Å². The van der Waals surface area contributed by atoms with Crippen molar-refractivity contribution in [2.45, 2.75) is 31.6 Å². The van der Waals surface area contributed by atoms with Crippen molar-refractivity contribution < 1.29 is 24.2 Å². The van der Waals surface area contributed by atoms with Crippen LogP contribution in [-0.2, 0) is 11.2 Å². The monoisotopic (exact) mass is 562 g/mol. The van der Waals surface area contributed by atoms with Crippen molar-refractivity contribution in [2.24, 2.45) is 0 Å². The van der Waals surface area contributed by atoms with Crippen molar-refractivity contribution in [3.8, 4) is 17.2 Å². The number of halogens is 3. The standard InChI is InChI=1S/C26H21BrCl2O5/c27-17-7-4-15(21(28)12-17)2-1-3-23(30)16-5-8-18(9-6-16)34-25-14-24-20(13-22(25)29)19(26(31)32)10-11-33-24/h4-9,12-14,19H,1-3,10-11H2,(H,31,32). The predicted octanol–water partition coefficient (Wildman–Crippen LogP) is 7.70. The zero-order valence-electron chi connectivity index (χ0n) is 18.0. The number of hydrogen-bond donors (Lipinski definition) is 1. The molecular weight excluding hydrogens is 543 g/mol. The highest BCUT2D eigenvalue weighted by Crippen LogP contribution is 2.41. The van der Waals surface area contributed by atoms with Crippen LogP contribution in [0, 0.1) is 0 Å². The number of ether oxygens (including phenoxy) is 2. The van der Waals surface area contributed by atoms with Gasteiger partial charge in [0.25, 0.3) is 0 Å². The van der Waals surface area contributed by atoms with E-state index < -0.39 is 11.9 Å². The molecule has 0 aliphatic carbocycles. The lowest BCUT2D eigenvalue weighted by atomic mass is 9.93. The Morgan fingerprint density at radius 3 is 2.53 bits per heavy atom. The van der Waals surface area contributed by atoms with E-state index in [0.717, 1.165) is 16.5 Å². The molecule has 0 fully saturated rings. The molecule has 0 radical (unpaired) electrons. The Hall–Kier alpha value is -2.54. The molecule has 0 amide bonds. The van der Waals surface area contributed by atoms with Crippen LogP contribution in [0.25, 0.3) is 0 Å². The van der Waals surface area contributed by atoms with Crippen LogP contribution < -0.4 is 9.47 Å². The Morgan fingerprint density at radius 2 is 1.82 bits per heavy atom. The molecule has 0 spiro atoms. The van der Waals surface area contributed by atoms with Gasteiger partial charge in [-0.1, -0.05) is 45.2 Å². The quantitative estimate of drug-likeness (QED) is 0.284. The lowest BCUT2D eigenvalue weighted by Crippen LogP contribution is -2.20. The topological polar surface area (TPSA) is 72.8 Å². The second-order valence-electron chi connectivity index (χ2n) is 7.99. The number of aliphatic carboxylic acids is 1. The van der Waals surface area contributed by atoms with Crippen molar-refractivity contribution in [1.82, 2.24) is 0 Å². The second kappa shape index (κ2) is 10.8. The van der Waals surface area contributed by atoms with Gasteiger partial charge in [0.15, 0.2) is 5.78 Å². The molecule has 1 aliphatic rings. The molecule has 4 rings (SSSR count). The summed E-state index contributed by atoms with van der Waals surface area (Å²) in [6.07, 6.45) is 2.22.